The van der Waals surface area contributed by atoms with Crippen molar-refractivity contribution in [3.05, 3.63) is 72.1 Å². The first-order valence-corrected chi connectivity index (χ1v) is 13.7. The molecule has 1 aliphatic carbocycles. The summed E-state index contributed by atoms with van der Waals surface area (Å²) in [5.74, 6) is 0.528. The van der Waals surface area contributed by atoms with Gasteiger partial charge in [-0.2, -0.15) is 14.4 Å². The molecule has 1 fully saturated rings. The molecule has 9 nitrogen and oxygen atoms in total. The van der Waals surface area contributed by atoms with Crippen LogP contribution in [-0.4, -0.2) is 64.9 Å². The lowest BCUT2D eigenvalue weighted by atomic mass is 10.1. The predicted molar refractivity (Wildman–Crippen MR) is 137 cm³/mol. The normalized spacial score (nSPS) is 18.7. The highest BCUT2D eigenvalue weighted by Crippen LogP contribution is 2.35. The van der Waals surface area contributed by atoms with Crippen LogP contribution in [0.3, 0.4) is 0 Å². The third-order valence-corrected chi connectivity index (χ3v) is 8.23. The van der Waals surface area contributed by atoms with E-state index in [9.17, 15) is 8.42 Å². The molecule has 0 amide bonds. The van der Waals surface area contributed by atoms with Crippen molar-refractivity contribution in [3.8, 4) is 0 Å². The summed E-state index contributed by atoms with van der Waals surface area (Å²) < 4.78 is 27.0. The van der Waals surface area contributed by atoms with E-state index in [-0.39, 0.29) is 6.04 Å². The second-order valence-corrected chi connectivity index (χ2v) is 11.1. The SMILES string of the molecule is CS(=O)(=O)N1CCN(c2ccc(Nc3ncc4cnn(C5CCc6ccccc65)c4n3)cc2)CC1. The van der Waals surface area contributed by atoms with Crippen LogP contribution in [0.5, 0.6) is 0 Å². The van der Waals surface area contributed by atoms with Crippen molar-refractivity contribution in [2.24, 2.45) is 0 Å². The quantitative estimate of drug-likeness (QED) is 0.460. The summed E-state index contributed by atoms with van der Waals surface area (Å²) in [5, 5.41) is 8.88. The van der Waals surface area contributed by atoms with Crippen molar-refractivity contribution in [3.63, 3.8) is 0 Å². The van der Waals surface area contributed by atoms with Gasteiger partial charge in [0.25, 0.3) is 0 Å². The topological polar surface area (TPSA) is 96.3 Å². The number of sulfonamides is 1. The van der Waals surface area contributed by atoms with Gasteiger partial charge >= 0.3 is 0 Å². The van der Waals surface area contributed by atoms with Gasteiger partial charge in [0, 0.05) is 43.8 Å². The molecule has 4 aromatic rings. The molecule has 35 heavy (non-hydrogen) atoms. The molecule has 0 bridgehead atoms. The summed E-state index contributed by atoms with van der Waals surface area (Å²) in [6.07, 6.45) is 6.97. The summed E-state index contributed by atoms with van der Waals surface area (Å²) >= 11 is 0. The third kappa shape index (κ3) is 4.23. The number of nitrogens with zero attached hydrogens (tertiary/aromatic N) is 6. The minimum atomic E-state index is -3.13. The van der Waals surface area contributed by atoms with Crippen LogP contribution in [-0.2, 0) is 16.4 Å². The van der Waals surface area contributed by atoms with Crippen LogP contribution < -0.4 is 10.2 Å². The molecular weight excluding hydrogens is 462 g/mol. The Bertz CT molecular complexity index is 1480. The van der Waals surface area contributed by atoms with Crippen molar-refractivity contribution in [2.45, 2.75) is 18.9 Å². The van der Waals surface area contributed by atoms with E-state index in [4.69, 9.17) is 4.98 Å². The fourth-order valence-corrected chi connectivity index (χ4v) is 5.90. The van der Waals surface area contributed by atoms with Crippen LogP contribution in [0.15, 0.2) is 60.9 Å². The van der Waals surface area contributed by atoms with Crippen LogP contribution in [0.2, 0.25) is 0 Å². The zero-order valence-electron chi connectivity index (χ0n) is 19.5. The summed E-state index contributed by atoms with van der Waals surface area (Å²) in [6.45, 7) is 2.36. The first-order valence-electron chi connectivity index (χ1n) is 11.8. The van der Waals surface area contributed by atoms with Crippen LogP contribution in [0.1, 0.15) is 23.6 Å². The smallest absolute Gasteiger partial charge is 0.229 e. The first-order chi connectivity index (χ1) is 17.0. The van der Waals surface area contributed by atoms with E-state index in [2.05, 4.69) is 44.6 Å². The van der Waals surface area contributed by atoms with Crippen LogP contribution in [0, 0.1) is 0 Å². The molecular formula is C25H27N7O2S. The van der Waals surface area contributed by atoms with Crippen molar-refractivity contribution >= 4 is 38.4 Å². The zero-order valence-corrected chi connectivity index (χ0v) is 20.3. The highest BCUT2D eigenvalue weighted by Gasteiger charge is 2.26. The van der Waals surface area contributed by atoms with Gasteiger partial charge in [-0.05, 0) is 48.2 Å². The summed E-state index contributed by atoms with van der Waals surface area (Å²) in [4.78, 5) is 11.5. The number of fused-ring (bicyclic) bond motifs is 2. The van der Waals surface area contributed by atoms with Gasteiger partial charge in [-0.15, -0.1) is 0 Å². The molecule has 180 valence electrons. The van der Waals surface area contributed by atoms with E-state index in [1.165, 1.54) is 21.7 Å². The molecule has 10 heteroatoms. The number of piperazine rings is 1. The van der Waals surface area contributed by atoms with E-state index in [1.54, 1.807) is 0 Å². The highest BCUT2D eigenvalue weighted by molar-refractivity contribution is 7.88. The number of benzene rings is 2. The fraction of sp³-hybridized carbons (Fsp3) is 0.320. The Hall–Kier alpha value is -3.50. The molecule has 2 aliphatic rings. The van der Waals surface area contributed by atoms with Crippen LogP contribution >= 0.6 is 0 Å². The third-order valence-electron chi connectivity index (χ3n) is 6.93. The minimum absolute atomic E-state index is 0.189. The van der Waals surface area contributed by atoms with E-state index in [0.29, 0.717) is 32.1 Å². The van der Waals surface area contributed by atoms with E-state index < -0.39 is 10.0 Å². The van der Waals surface area contributed by atoms with Gasteiger partial charge in [-0.25, -0.2) is 18.1 Å². The average molecular weight is 490 g/mol. The van der Waals surface area contributed by atoms with Crippen LogP contribution in [0.4, 0.5) is 17.3 Å². The zero-order chi connectivity index (χ0) is 24.0. The van der Waals surface area contributed by atoms with E-state index in [1.807, 2.05) is 41.3 Å². The number of anilines is 3. The molecule has 1 N–H and O–H groups in total. The number of nitrogens with one attached hydrogen (secondary N) is 1. The summed E-state index contributed by atoms with van der Waals surface area (Å²) in [6, 6.07) is 16.8. The molecule has 3 heterocycles. The lowest BCUT2D eigenvalue weighted by Crippen LogP contribution is -2.48. The number of aryl methyl sites for hydroxylation is 1. The second kappa shape index (κ2) is 8.62. The summed E-state index contributed by atoms with van der Waals surface area (Å²) in [5.41, 5.74) is 5.48. The summed E-state index contributed by atoms with van der Waals surface area (Å²) in [7, 11) is -3.13. The average Bonchev–Trinajstić information content (AvgIpc) is 3.48. The molecule has 6 rings (SSSR count). The van der Waals surface area contributed by atoms with Crippen molar-refractivity contribution in [1.29, 1.82) is 0 Å². The first kappa shape index (κ1) is 22.0. The van der Waals surface area contributed by atoms with Crippen molar-refractivity contribution in [2.75, 3.05) is 42.7 Å². The lowest BCUT2D eigenvalue weighted by molar-refractivity contribution is 0.388. The van der Waals surface area contributed by atoms with Gasteiger partial charge in [0.2, 0.25) is 16.0 Å². The van der Waals surface area contributed by atoms with Gasteiger partial charge in [0.15, 0.2) is 5.65 Å². The molecule has 2 aromatic carbocycles. The molecule has 1 atom stereocenters. The van der Waals surface area contributed by atoms with E-state index in [0.717, 1.165) is 35.2 Å². The van der Waals surface area contributed by atoms with Gasteiger partial charge in [0.05, 0.1) is 23.9 Å². The van der Waals surface area contributed by atoms with E-state index >= 15 is 0 Å². The van der Waals surface area contributed by atoms with Gasteiger partial charge in [-0.1, -0.05) is 24.3 Å². The second-order valence-electron chi connectivity index (χ2n) is 9.14. The highest BCUT2D eigenvalue weighted by atomic mass is 32.2. The van der Waals surface area contributed by atoms with Gasteiger partial charge < -0.3 is 10.2 Å². The standard InChI is InChI=1S/C25H27N7O2S/c1-35(33,34)31-14-12-30(13-15-31)21-9-7-20(8-10-21)28-25-26-16-19-17-27-32(24(19)29-25)23-11-6-18-4-2-3-5-22(18)23/h2-5,7-10,16-17,23H,6,11-15H2,1H3,(H,26,28,29). The van der Waals surface area contributed by atoms with Crippen molar-refractivity contribution in [1.82, 2.24) is 24.1 Å². The Morgan fingerprint density at radius 1 is 0.971 bits per heavy atom. The Balaban J connectivity index is 1.18. The van der Waals surface area contributed by atoms with Crippen molar-refractivity contribution < 1.29 is 8.42 Å². The fourth-order valence-electron chi connectivity index (χ4n) is 5.08. The molecule has 1 unspecified atom stereocenters. The maximum atomic E-state index is 11.7. The maximum absolute atomic E-state index is 11.7. The monoisotopic (exact) mass is 489 g/mol. The largest absolute Gasteiger partial charge is 0.369 e. The minimum Gasteiger partial charge on any atom is -0.369 e. The predicted octanol–water partition coefficient (Wildman–Crippen LogP) is 3.19. The Morgan fingerprint density at radius 3 is 2.51 bits per heavy atom. The maximum Gasteiger partial charge on any atom is 0.229 e. The van der Waals surface area contributed by atoms with Crippen LogP contribution in [0.25, 0.3) is 11.0 Å². The molecule has 0 saturated carbocycles. The number of hydrogen-bond donors (Lipinski definition) is 1. The molecule has 2 aromatic heterocycles. The number of aromatic nitrogens is 4. The van der Waals surface area contributed by atoms with Gasteiger partial charge in [0.1, 0.15) is 0 Å². The molecule has 0 radical (unpaired) electrons. The molecule has 0 spiro atoms. The Labute approximate surface area is 204 Å². The van der Waals surface area contributed by atoms with Gasteiger partial charge in [-0.3, -0.25) is 0 Å². The number of hydrogen-bond acceptors (Lipinski definition) is 7. The number of rotatable bonds is 5. The molecule has 1 saturated heterocycles. The Kier molecular flexibility index (Phi) is 5.42. The Morgan fingerprint density at radius 2 is 1.74 bits per heavy atom. The lowest BCUT2D eigenvalue weighted by Gasteiger charge is -2.34. The molecule has 1 aliphatic heterocycles.